The van der Waals surface area contributed by atoms with Crippen molar-refractivity contribution in [3.63, 3.8) is 0 Å². The van der Waals surface area contributed by atoms with Crippen LogP contribution in [0.5, 0.6) is 0 Å². The minimum Gasteiger partial charge on any atom is -0.386 e. The predicted octanol–water partition coefficient (Wildman–Crippen LogP) is 0.524. The largest absolute Gasteiger partial charge is 0.386 e. The molecule has 2 aliphatic heterocycles. The molecule has 2 heterocycles. The molecule has 0 spiro atoms. The number of amides is 1. The van der Waals surface area contributed by atoms with Crippen molar-refractivity contribution in [1.82, 2.24) is 4.90 Å². The van der Waals surface area contributed by atoms with Gasteiger partial charge in [0.15, 0.2) is 0 Å². The number of ether oxygens (including phenoxy) is 1. The van der Waals surface area contributed by atoms with E-state index in [1.54, 1.807) is 4.90 Å². The van der Waals surface area contributed by atoms with Crippen LogP contribution in [0.25, 0.3) is 0 Å². The number of rotatable bonds is 2. The fraction of sp³-hybridized carbons (Fsp3) is 0.900. The van der Waals surface area contributed by atoms with Gasteiger partial charge in [0.25, 0.3) is 0 Å². The molecule has 86 valence electrons. The molecule has 0 bridgehead atoms. The van der Waals surface area contributed by atoms with Crippen LogP contribution in [-0.4, -0.2) is 52.6 Å². The van der Waals surface area contributed by atoms with E-state index in [1.807, 2.05) is 0 Å². The van der Waals surface area contributed by atoms with Crippen molar-refractivity contribution >= 4 is 21.8 Å². The van der Waals surface area contributed by atoms with Gasteiger partial charge in [-0.1, -0.05) is 15.9 Å². The molecule has 0 aromatic rings. The Bertz CT molecular complexity index is 253. The van der Waals surface area contributed by atoms with Crippen molar-refractivity contribution < 1.29 is 14.6 Å². The lowest BCUT2D eigenvalue weighted by molar-refractivity contribution is -0.136. The molecule has 5 heteroatoms. The quantitative estimate of drug-likeness (QED) is 0.749. The van der Waals surface area contributed by atoms with Crippen molar-refractivity contribution in [2.75, 3.05) is 26.3 Å². The van der Waals surface area contributed by atoms with Crippen LogP contribution in [0, 0.1) is 0 Å². The number of hydrogen-bond donors (Lipinski definition) is 1. The van der Waals surface area contributed by atoms with Gasteiger partial charge in [-0.05, 0) is 12.8 Å². The molecule has 2 rings (SSSR count). The van der Waals surface area contributed by atoms with E-state index < -0.39 is 5.60 Å². The van der Waals surface area contributed by atoms with Crippen LogP contribution in [-0.2, 0) is 9.53 Å². The van der Waals surface area contributed by atoms with Crippen molar-refractivity contribution in [1.29, 1.82) is 0 Å². The molecule has 0 aliphatic carbocycles. The lowest BCUT2D eigenvalue weighted by atomic mass is 10.0. The molecule has 1 N–H and O–H groups in total. The third kappa shape index (κ3) is 2.52. The normalized spacial score (nSPS) is 37.3. The molecule has 2 fully saturated rings. The number of hydrogen-bond acceptors (Lipinski definition) is 3. The monoisotopic (exact) mass is 277 g/mol. The van der Waals surface area contributed by atoms with E-state index in [0.717, 1.165) is 19.4 Å². The molecule has 0 saturated carbocycles. The number of alkyl halides is 1. The van der Waals surface area contributed by atoms with Gasteiger partial charge < -0.3 is 14.7 Å². The van der Waals surface area contributed by atoms with Crippen LogP contribution in [0.2, 0.25) is 0 Å². The first-order valence-electron chi connectivity index (χ1n) is 5.34. The molecule has 2 saturated heterocycles. The second kappa shape index (κ2) is 4.39. The molecule has 15 heavy (non-hydrogen) atoms. The van der Waals surface area contributed by atoms with E-state index in [2.05, 4.69) is 15.9 Å². The zero-order valence-electron chi connectivity index (χ0n) is 8.62. The summed E-state index contributed by atoms with van der Waals surface area (Å²) in [7, 11) is 0. The summed E-state index contributed by atoms with van der Waals surface area (Å²) in [5, 5.41) is 10.1. The molecule has 4 nitrogen and oxygen atoms in total. The highest BCUT2D eigenvalue weighted by molar-refractivity contribution is 9.10. The lowest BCUT2D eigenvalue weighted by Crippen LogP contribution is -2.50. The Kier molecular flexibility index (Phi) is 3.33. The number of carbonyl (C=O) groups is 1. The summed E-state index contributed by atoms with van der Waals surface area (Å²) in [5.74, 6) is 0.0987. The summed E-state index contributed by atoms with van der Waals surface area (Å²) >= 11 is 3.36. The van der Waals surface area contributed by atoms with Gasteiger partial charge in [0.2, 0.25) is 5.91 Å². The number of piperidine rings is 1. The molecule has 0 radical (unpaired) electrons. The Hall–Kier alpha value is -0.130. The van der Waals surface area contributed by atoms with Gasteiger partial charge in [-0.3, -0.25) is 4.79 Å². The Labute approximate surface area is 97.7 Å². The highest BCUT2D eigenvalue weighted by Crippen LogP contribution is 2.24. The van der Waals surface area contributed by atoms with Gasteiger partial charge in [0, 0.05) is 19.6 Å². The van der Waals surface area contributed by atoms with Gasteiger partial charge >= 0.3 is 0 Å². The van der Waals surface area contributed by atoms with E-state index in [4.69, 9.17) is 4.74 Å². The molecular formula is C10H16BrNO3. The van der Waals surface area contributed by atoms with Crippen molar-refractivity contribution in [3.05, 3.63) is 0 Å². The maximum Gasteiger partial charge on any atom is 0.236 e. The van der Waals surface area contributed by atoms with Crippen LogP contribution >= 0.6 is 15.9 Å². The molecule has 2 atom stereocenters. The van der Waals surface area contributed by atoms with E-state index in [-0.39, 0.29) is 10.7 Å². The molecular weight excluding hydrogens is 262 g/mol. The molecule has 2 unspecified atom stereocenters. The average molecular weight is 278 g/mol. The number of aliphatic hydroxyl groups is 1. The first kappa shape index (κ1) is 11.4. The summed E-state index contributed by atoms with van der Waals surface area (Å²) < 4.78 is 5.16. The fourth-order valence-electron chi connectivity index (χ4n) is 2.13. The Balaban J connectivity index is 1.95. The Morgan fingerprint density at radius 1 is 1.67 bits per heavy atom. The standard InChI is InChI=1S/C10H16BrNO3/c11-8-2-1-4-12(9(8)13)6-10(14)3-5-15-7-10/h8,14H,1-7H2. The number of carbonyl (C=O) groups excluding carboxylic acids is 1. The van der Waals surface area contributed by atoms with Gasteiger partial charge in [-0.2, -0.15) is 0 Å². The minimum atomic E-state index is -0.820. The average Bonchev–Trinajstić information content (AvgIpc) is 2.60. The zero-order chi connectivity index (χ0) is 10.9. The first-order valence-corrected chi connectivity index (χ1v) is 6.25. The Morgan fingerprint density at radius 2 is 2.47 bits per heavy atom. The van der Waals surface area contributed by atoms with Crippen LogP contribution < -0.4 is 0 Å². The predicted molar refractivity (Wildman–Crippen MR) is 58.9 cm³/mol. The number of β-amino-alcohol motifs (C(OH)–C–C–N with tert-alkyl or cyclic N) is 1. The van der Waals surface area contributed by atoms with Gasteiger partial charge in [-0.25, -0.2) is 0 Å². The Morgan fingerprint density at radius 3 is 3.13 bits per heavy atom. The van der Waals surface area contributed by atoms with Crippen molar-refractivity contribution in [2.45, 2.75) is 29.7 Å². The van der Waals surface area contributed by atoms with Crippen LogP contribution in [0.15, 0.2) is 0 Å². The number of nitrogens with zero attached hydrogens (tertiary/aromatic N) is 1. The van der Waals surface area contributed by atoms with E-state index in [9.17, 15) is 9.90 Å². The SMILES string of the molecule is O=C1C(Br)CCCN1CC1(O)CCOC1. The zero-order valence-corrected chi connectivity index (χ0v) is 10.2. The van der Waals surface area contributed by atoms with Crippen LogP contribution in [0.4, 0.5) is 0 Å². The highest BCUT2D eigenvalue weighted by atomic mass is 79.9. The van der Waals surface area contributed by atoms with Crippen LogP contribution in [0.3, 0.4) is 0 Å². The van der Waals surface area contributed by atoms with E-state index >= 15 is 0 Å². The second-order valence-corrected chi connectivity index (χ2v) is 5.50. The summed E-state index contributed by atoms with van der Waals surface area (Å²) in [6, 6.07) is 0. The summed E-state index contributed by atoms with van der Waals surface area (Å²) in [5.41, 5.74) is -0.820. The second-order valence-electron chi connectivity index (χ2n) is 4.40. The number of likely N-dealkylation sites (tertiary alicyclic amines) is 1. The molecule has 0 aromatic heterocycles. The molecule has 0 aromatic carbocycles. The first-order chi connectivity index (χ1) is 7.11. The van der Waals surface area contributed by atoms with Crippen LogP contribution in [0.1, 0.15) is 19.3 Å². The highest BCUT2D eigenvalue weighted by Gasteiger charge is 2.37. The van der Waals surface area contributed by atoms with Crippen molar-refractivity contribution in [3.8, 4) is 0 Å². The molecule has 1 amide bonds. The fourth-order valence-corrected chi connectivity index (χ4v) is 2.74. The van der Waals surface area contributed by atoms with E-state index in [0.29, 0.717) is 26.2 Å². The van der Waals surface area contributed by atoms with Gasteiger partial charge in [0.1, 0.15) is 5.60 Å². The third-order valence-electron chi connectivity index (χ3n) is 3.03. The minimum absolute atomic E-state index is 0.0721. The smallest absolute Gasteiger partial charge is 0.236 e. The topological polar surface area (TPSA) is 49.8 Å². The lowest BCUT2D eigenvalue weighted by Gasteiger charge is -2.34. The van der Waals surface area contributed by atoms with Gasteiger partial charge in [0.05, 0.1) is 18.0 Å². The van der Waals surface area contributed by atoms with E-state index in [1.165, 1.54) is 0 Å². The maximum absolute atomic E-state index is 11.8. The summed E-state index contributed by atoms with van der Waals surface area (Å²) in [4.78, 5) is 13.5. The summed E-state index contributed by atoms with van der Waals surface area (Å²) in [6.07, 6.45) is 2.52. The third-order valence-corrected chi connectivity index (χ3v) is 3.88. The number of halogens is 1. The maximum atomic E-state index is 11.8. The molecule has 2 aliphatic rings. The van der Waals surface area contributed by atoms with Crippen molar-refractivity contribution in [2.24, 2.45) is 0 Å². The van der Waals surface area contributed by atoms with Gasteiger partial charge in [-0.15, -0.1) is 0 Å². The summed E-state index contributed by atoms with van der Waals surface area (Å²) in [6.45, 7) is 2.11.